The fourth-order valence-electron chi connectivity index (χ4n) is 2.33. The molecule has 19 heavy (non-hydrogen) atoms. The Morgan fingerprint density at radius 2 is 2.26 bits per heavy atom. The molecule has 4 heteroatoms. The van der Waals surface area contributed by atoms with Crippen LogP contribution >= 0.6 is 0 Å². The van der Waals surface area contributed by atoms with Gasteiger partial charge in [-0.05, 0) is 30.5 Å². The Kier molecular flexibility index (Phi) is 5.61. The number of hydrogen-bond acceptors (Lipinski definition) is 4. The summed E-state index contributed by atoms with van der Waals surface area (Å²) < 4.78 is 5.52. The lowest BCUT2D eigenvalue weighted by molar-refractivity contribution is 0.152. The molecule has 2 rings (SSSR count). The molecule has 1 fully saturated rings. The smallest absolute Gasteiger partial charge is 0.0641 e. The van der Waals surface area contributed by atoms with E-state index in [1.807, 2.05) is 12.4 Å². The zero-order chi connectivity index (χ0) is 13.5. The van der Waals surface area contributed by atoms with Crippen LogP contribution in [0.2, 0.25) is 0 Å². The van der Waals surface area contributed by atoms with Gasteiger partial charge in [-0.2, -0.15) is 0 Å². The third kappa shape index (κ3) is 4.48. The van der Waals surface area contributed by atoms with Crippen molar-refractivity contribution in [3.8, 4) is 0 Å². The molecule has 0 saturated carbocycles. The second-order valence-electron chi connectivity index (χ2n) is 5.48. The van der Waals surface area contributed by atoms with Crippen LogP contribution in [0.3, 0.4) is 0 Å². The van der Waals surface area contributed by atoms with Crippen molar-refractivity contribution in [2.24, 2.45) is 5.92 Å². The SMILES string of the molecule is CC(C)CNCc1ccncc1N1CCCOCC1. The van der Waals surface area contributed by atoms with E-state index in [0.717, 1.165) is 45.8 Å². The van der Waals surface area contributed by atoms with Crippen LogP contribution in [0.5, 0.6) is 0 Å². The Bertz CT molecular complexity index is 373. The monoisotopic (exact) mass is 263 g/mol. The van der Waals surface area contributed by atoms with Gasteiger partial charge in [0.05, 0.1) is 18.5 Å². The molecule has 106 valence electrons. The van der Waals surface area contributed by atoms with Crippen molar-refractivity contribution in [3.05, 3.63) is 24.0 Å². The number of pyridine rings is 1. The Balaban J connectivity index is 2.02. The van der Waals surface area contributed by atoms with E-state index in [1.165, 1.54) is 11.3 Å². The maximum Gasteiger partial charge on any atom is 0.0641 e. The van der Waals surface area contributed by atoms with Crippen LogP contribution in [0.4, 0.5) is 5.69 Å². The summed E-state index contributed by atoms with van der Waals surface area (Å²) in [7, 11) is 0. The first kappa shape index (κ1) is 14.3. The summed E-state index contributed by atoms with van der Waals surface area (Å²) >= 11 is 0. The zero-order valence-electron chi connectivity index (χ0n) is 12.1. The van der Waals surface area contributed by atoms with Gasteiger partial charge in [-0.15, -0.1) is 0 Å². The van der Waals surface area contributed by atoms with E-state index in [0.29, 0.717) is 5.92 Å². The predicted octanol–water partition coefficient (Wildman–Crippen LogP) is 2.05. The van der Waals surface area contributed by atoms with Gasteiger partial charge in [-0.25, -0.2) is 0 Å². The highest BCUT2D eigenvalue weighted by molar-refractivity contribution is 5.51. The largest absolute Gasteiger partial charge is 0.380 e. The number of anilines is 1. The zero-order valence-corrected chi connectivity index (χ0v) is 12.1. The number of hydrogen-bond donors (Lipinski definition) is 1. The fraction of sp³-hybridized carbons (Fsp3) is 0.667. The van der Waals surface area contributed by atoms with E-state index < -0.39 is 0 Å². The first-order valence-corrected chi connectivity index (χ1v) is 7.23. The second kappa shape index (κ2) is 7.46. The second-order valence-corrected chi connectivity index (χ2v) is 5.48. The molecule has 0 amide bonds. The summed E-state index contributed by atoms with van der Waals surface area (Å²) in [6.45, 7) is 10.1. The van der Waals surface area contributed by atoms with Gasteiger partial charge in [-0.1, -0.05) is 13.8 Å². The van der Waals surface area contributed by atoms with E-state index in [1.54, 1.807) is 0 Å². The summed E-state index contributed by atoms with van der Waals surface area (Å²) in [5.41, 5.74) is 2.59. The lowest BCUT2D eigenvalue weighted by atomic mass is 10.1. The predicted molar refractivity (Wildman–Crippen MR) is 78.4 cm³/mol. The molecule has 0 atom stereocenters. The molecule has 1 aliphatic heterocycles. The molecule has 0 aromatic carbocycles. The topological polar surface area (TPSA) is 37.4 Å². The number of ether oxygens (including phenoxy) is 1. The third-order valence-corrected chi connectivity index (χ3v) is 3.32. The Hall–Kier alpha value is -1.13. The number of nitrogens with one attached hydrogen (secondary N) is 1. The highest BCUT2D eigenvalue weighted by atomic mass is 16.5. The van der Waals surface area contributed by atoms with Crippen molar-refractivity contribution in [1.29, 1.82) is 0 Å². The average molecular weight is 263 g/mol. The van der Waals surface area contributed by atoms with Crippen molar-refractivity contribution in [2.45, 2.75) is 26.8 Å². The maximum atomic E-state index is 5.52. The molecular formula is C15H25N3O. The highest BCUT2D eigenvalue weighted by Crippen LogP contribution is 2.20. The minimum Gasteiger partial charge on any atom is -0.380 e. The lowest BCUT2D eigenvalue weighted by Crippen LogP contribution is -2.28. The van der Waals surface area contributed by atoms with E-state index in [4.69, 9.17) is 4.74 Å². The van der Waals surface area contributed by atoms with Crippen molar-refractivity contribution in [1.82, 2.24) is 10.3 Å². The highest BCUT2D eigenvalue weighted by Gasteiger charge is 2.13. The van der Waals surface area contributed by atoms with E-state index >= 15 is 0 Å². The number of aromatic nitrogens is 1. The fourth-order valence-corrected chi connectivity index (χ4v) is 2.33. The van der Waals surface area contributed by atoms with E-state index in [9.17, 15) is 0 Å². The first-order chi connectivity index (χ1) is 9.27. The summed E-state index contributed by atoms with van der Waals surface area (Å²) in [4.78, 5) is 6.68. The maximum absolute atomic E-state index is 5.52. The minimum absolute atomic E-state index is 0.678. The van der Waals surface area contributed by atoms with Gasteiger partial charge in [0.15, 0.2) is 0 Å². The number of rotatable bonds is 5. The van der Waals surface area contributed by atoms with Crippen LogP contribution in [0.15, 0.2) is 18.5 Å². The molecule has 1 aromatic rings. The molecule has 0 unspecified atom stereocenters. The van der Waals surface area contributed by atoms with Crippen LogP contribution in [-0.4, -0.2) is 37.8 Å². The van der Waals surface area contributed by atoms with Crippen molar-refractivity contribution in [2.75, 3.05) is 37.7 Å². The summed E-state index contributed by atoms with van der Waals surface area (Å²) in [5, 5.41) is 3.51. The van der Waals surface area contributed by atoms with E-state index in [2.05, 4.69) is 35.1 Å². The molecule has 4 nitrogen and oxygen atoms in total. The minimum atomic E-state index is 0.678. The summed E-state index contributed by atoms with van der Waals surface area (Å²) in [6.07, 6.45) is 4.95. The normalized spacial score (nSPS) is 16.7. The molecule has 1 aromatic heterocycles. The molecule has 0 spiro atoms. The van der Waals surface area contributed by atoms with Gasteiger partial charge in [0, 0.05) is 32.4 Å². The molecule has 2 heterocycles. The molecule has 0 bridgehead atoms. The van der Waals surface area contributed by atoms with Gasteiger partial charge in [0.1, 0.15) is 0 Å². The Morgan fingerprint density at radius 3 is 3.11 bits per heavy atom. The van der Waals surface area contributed by atoms with Crippen molar-refractivity contribution in [3.63, 3.8) is 0 Å². The van der Waals surface area contributed by atoms with Gasteiger partial charge in [0.2, 0.25) is 0 Å². The van der Waals surface area contributed by atoms with Crippen LogP contribution < -0.4 is 10.2 Å². The van der Waals surface area contributed by atoms with Crippen LogP contribution in [0.1, 0.15) is 25.8 Å². The first-order valence-electron chi connectivity index (χ1n) is 7.23. The summed E-state index contributed by atoms with van der Waals surface area (Å²) in [5.74, 6) is 0.678. The van der Waals surface area contributed by atoms with E-state index in [-0.39, 0.29) is 0 Å². The molecule has 0 aliphatic carbocycles. The van der Waals surface area contributed by atoms with Gasteiger partial charge >= 0.3 is 0 Å². The Morgan fingerprint density at radius 1 is 1.37 bits per heavy atom. The molecule has 0 radical (unpaired) electrons. The van der Waals surface area contributed by atoms with Gasteiger partial charge in [0.25, 0.3) is 0 Å². The Labute approximate surface area is 116 Å². The van der Waals surface area contributed by atoms with Gasteiger partial charge < -0.3 is 15.0 Å². The standard InChI is InChI=1S/C15H25N3O/c1-13(2)10-17-11-14-4-5-16-12-15(14)18-6-3-8-19-9-7-18/h4-5,12-13,17H,3,6-11H2,1-2H3. The quantitative estimate of drug-likeness (QED) is 0.882. The molecule has 1 N–H and O–H groups in total. The number of nitrogens with zero attached hydrogens (tertiary/aromatic N) is 2. The lowest BCUT2D eigenvalue weighted by Gasteiger charge is -2.24. The average Bonchev–Trinajstić information content (AvgIpc) is 2.68. The summed E-state index contributed by atoms with van der Waals surface area (Å²) in [6, 6.07) is 2.12. The van der Waals surface area contributed by atoms with Crippen LogP contribution in [-0.2, 0) is 11.3 Å². The van der Waals surface area contributed by atoms with Crippen LogP contribution in [0.25, 0.3) is 0 Å². The molecule has 1 aliphatic rings. The van der Waals surface area contributed by atoms with Crippen molar-refractivity contribution < 1.29 is 4.74 Å². The van der Waals surface area contributed by atoms with Gasteiger partial charge in [-0.3, -0.25) is 4.98 Å². The molecule has 1 saturated heterocycles. The molecular weight excluding hydrogens is 238 g/mol. The van der Waals surface area contributed by atoms with Crippen molar-refractivity contribution >= 4 is 5.69 Å². The van der Waals surface area contributed by atoms with Crippen LogP contribution in [0, 0.1) is 5.92 Å². The third-order valence-electron chi connectivity index (χ3n) is 3.32.